The van der Waals surface area contributed by atoms with Crippen LogP contribution in [0.2, 0.25) is 0 Å². The van der Waals surface area contributed by atoms with Gasteiger partial charge in [0.15, 0.2) is 6.10 Å². The second kappa shape index (κ2) is 56.2. The number of rotatable bonds is 54. The molecule has 0 heterocycles. The number of unbranched alkanes of at least 4 members (excludes halogenated alkanes) is 37. The Balaban J connectivity index is 4.15. The maximum Gasteiger partial charge on any atom is 0.306 e. The fraction of sp³-hybridized carbons (Fsp3) is 0.852. The van der Waals surface area contributed by atoms with Gasteiger partial charge < -0.3 is 14.2 Å². The van der Waals surface area contributed by atoms with Gasteiger partial charge in [-0.15, -0.1) is 0 Å². The highest BCUT2D eigenvalue weighted by Crippen LogP contribution is 2.16. The van der Waals surface area contributed by atoms with Crippen molar-refractivity contribution in [1.82, 2.24) is 0 Å². The summed E-state index contributed by atoms with van der Waals surface area (Å²) in [4.78, 5) is 38.0. The van der Waals surface area contributed by atoms with E-state index >= 15 is 0 Å². The molecule has 392 valence electrons. The van der Waals surface area contributed by atoms with Crippen molar-refractivity contribution in [3.63, 3.8) is 0 Å². The van der Waals surface area contributed by atoms with Gasteiger partial charge in [-0.2, -0.15) is 0 Å². The van der Waals surface area contributed by atoms with Crippen LogP contribution in [-0.2, 0) is 28.6 Å². The van der Waals surface area contributed by atoms with Crippen molar-refractivity contribution in [2.75, 3.05) is 13.2 Å². The molecule has 0 radical (unpaired) electrons. The van der Waals surface area contributed by atoms with Crippen LogP contribution in [0, 0.1) is 0 Å². The summed E-state index contributed by atoms with van der Waals surface area (Å²) in [6.07, 6.45) is 67.3. The minimum Gasteiger partial charge on any atom is -0.462 e. The number of hydrogen-bond donors (Lipinski definition) is 0. The van der Waals surface area contributed by atoms with Crippen molar-refractivity contribution in [3.8, 4) is 0 Å². The van der Waals surface area contributed by atoms with E-state index in [1.807, 2.05) is 0 Å². The first-order valence-electron chi connectivity index (χ1n) is 29.5. The molecule has 0 spiro atoms. The Bertz CT molecular complexity index is 1130. The van der Waals surface area contributed by atoms with E-state index in [1.54, 1.807) is 0 Å². The lowest BCUT2D eigenvalue weighted by Crippen LogP contribution is -2.30. The normalized spacial score (nSPS) is 12.2. The van der Waals surface area contributed by atoms with Gasteiger partial charge in [0.05, 0.1) is 0 Å². The fourth-order valence-corrected chi connectivity index (χ4v) is 8.65. The average Bonchev–Trinajstić information content (AvgIpc) is 3.33. The lowest BCUT2D eigenvalue weighted by atomic mass is 10.0. The zero-order valence-corrected chi connectivity index (χ0v) is 44.9. The van der Waals surface area contributed by atoms with Crippen molar-refractivity contribution in [1.29, 1.82) is 0 Å². The molecule has 6 heteroatoms. The molecule has 0 saturated heterocycles. The highest BCUT2D eigenvalue weighted by Gasteiger charge is 2.19. The predicted octanol–water partition coefficient (Wildman–Crippen LogP) is 19.7. The molecule has 0 saturated carbocycles. The van der Waals surface area contributed by atoms with E-state index in [4.69, 9.17) is 14.2 Å². The molecular weight excluding hydrogens is 829 g/mol. The Hall–Kier alpha value is -2.37. The lowest BCUT2D eigenvalue weighted by molar-refractivity contribution is -0.167. The van der Waals surface area contributed by atoms with E-state index in [0.717, 1.165) is 83.5 Å². The van der Waals surface area contributed by atoms with Crippen LogP contribution >= 0.6 is 0 Å². The predicted molar refractivity (Wildman–Crippen MR) is 289 cm³/mol. The second-order valence-electron chi connectivity index (χ2n) is 19.9. The summed E-state index contributed by atoms with van der Waals surface area (Å²) in [7, 11) is 0. The van der Waals surface area contributed by atoms with Gasteiger partial charge >= 0.3 is 17.9 Å². The van der Waals surface area contributed by atoms with Gasteiger partial charge in [-0.05, 0) is 77.0 Å². The minimum absolute atomic E-state index is 0.0747. The molecule has 0 fully saturated rings. The summed E-state index contributed by atoms with van der Waals surface area (Å²) in [5.41, 5.74) is 0. The summed E-state index contributed by atoms with van der Waals surface area (Å²) >= 11 is 0. The maximum atomic E-state index is 12.8. The second-order valence-corrected chi connectivity index (χ2v) is 19.9. The van der Waals surface area contributed by atoms with Crippen molar-refractivity contribution in [2.24, 2.45) is 0 Å². The van der Waals surface area contributed by atoms with Gasteiger partial charge in [0.25, 0.3) is 0 Å². The third-order valence-corrected chi connectivity index (χ3v) is 13.1. The monoisotopic (exact) mass is 941 g/mol. The smallest absolute Gasteiger partial charge is 0.306 e. The highest BCUT2D eigenvalue weighted by molar-refractivity contribution is 5.71. The highest BCUT2D eigenvalue weighted by atomic mass is 16.6. The van der Waals surface area contributed by atoms with Gasteiger partial charge in [0.1, 0.15) is 13.2 Å². The standard InChI is InChI=1S/C61H112O6/c1-4-7-10-13-16-19-21-23-25-27-28-29-30-31-32-33-34-35-37-38-40-42-45-48-51-54-60(63)66-57-58(56-65-59(62)53-50-47-44-18-15-12-9-6-3)67-61(64)55-52-49-46-43-41-39-36-26-24-22-20-17-14-11-8-5-2/h20,22,26-28,36,58H,4-19,21,23-25,29-35,37-57H2,1-3H3/b22-20-,28-27-,36-26-. The summed E-state index contributed by atoms with van der Waals surface area (Å²) in [5.74, 6) is -0.878. The molecule has 1 unspecified atom stereocenters. The first kappa shape index (κ1) is 64.6. The first-order valence-corrected chi connectivity index (χ1v) is 29.5. The number of hydrogen-bond acceptors (Lipinski definition) is 6. The molecule has 0 amide bonds. The summed E-state index contributed by atoms with van der Waals surface area (Å²) < 4.78 is 16.8. The number of carbonyl (C=O) groups is 3. The Morgan fingerprint density at radius 3 is 0.851 bits per heavy atom. The van der Waals surface area contributed by atoms with Gasteiger partial charge in [-0.25, -0.2) is 0 Å². The zero-order chi connectivity index (χ0) is 48.6. The van der Waals surface area contributed by atoms with E-state index in [2.05, 4.69) is 57.2 Å². The van der Waals surface area contributed by atoms with Crippen LogP contribution in [0.1, 0.15) is 316 Å². The lowest BCUT2D eigenvalue weighted by Gasteiger charge is -2.18. The molecule has 1 atom stereocenters. The van der Waals surface area contributed by atoms with E-state index < -0.39 is 6.10 Å². The largest absolute Gasteiger partial charge is 0.462 e. The Labute approximate surface area is 416 Å². The molecular formula is C61H112O6. The van der Waals surface area contributed by atoms with Crippen LogP contribution in [0.3, 0.4) is 0 Å². The number of allylic oxidation sites excluding steroid dienone is 6. The van der Waals surface area contributed by atoms with Gasteiger partial charge in [0, 0.05) is 19.3 Å². The van der Waals surface area contributed by atoms with E-state index in [-0.39, 0.29) is 31.1 Å². The average molecular weight is 942 g/mol. The van der Waals surface area contributed by atoms with E-state index in [1.165, 1.54) is 193 Å². The van der Waals surface area contributed by atoms with E-state index in [0.29, 0.717) is 19.3 Å². The quantitative estimate of drug-likeness (QED) is 0.0262. The van der Waals surface area contributed by atoms with E-state index in [9.17, 15) is 14.4 Å². The Kier molecular flexibility index (Phi) is 54.2. The maximum absolute atomic E-state index is 12.8. The fourth-order valence-electron chi connectivity index (χ4n) is 8.65. The molecule has 6 nitrogen and oxygen atoms in total. The van der Waals surface area contributed by atoms with Crippen LogP contribution in [0.4, 0.5) is 0 Å². The zero-order valence-electron chi connectivity index (χ0n) is 44.9. The number of ether oxygens (including phenoxy) is 3. The van der Waals surface area contributed by atoms with Crippen molar-refractivity contribution < 1.29 is 28.6 Å². The molecule has 0 N–H and O–H groups in total. The minimum atomic E-state index is -0.775. The first-order chi connectivity index (χ1) is 33.0. The van der Waals surface area contributed by atoms with Crippen molar-refractivity contribution in [3.05, 3.63) is 36.5 Å². The van der Waals surface area contributed by atoms with Gasteiger partial charge in [-0.3, -0.25) is 14.4 Å². The SMILES string of the molecule is CCCCCC/C=C\C/C=C\CCCCCCCC(=O)OC(COC(=O)CCCCCCCCCC)COC(=O)CCCCCCCCCCCCCCC/C=C\CCCCCCCCCC. The molecule has 0 rings (SSSR count). The summed E-state index contributed by atoms with van der Waals surface area (Å²) in [6, 6.07) is 0. The van der Waals surface area contributed by atoms with Crippen LogP contribution < -0.4 is 0 Å². The number of esters is 3. The van der Waals surface area contributed by atoms with Crippen LogP contribution in [-0.4, -0.2) is 37.2 Å². The molecule has 0 aromatic heterocycles. The molecule has 0 aliphatic carbocycles. The molecule has 0 bridgehead atoms. The summed E-state index contributed by atoms with van der Waals surface area (Å²) in [5, 5.41) is 0. The third-order valence-electron chi connectivity index (χ3n) is 13.1. The molecule has 0 aliphatic heterocycles. The Morgan fingerprint density at radius 1 is 0.299 bits per heavy atom. The molecule has 67 heavy (non-hydrogen) atoms. The third kappa shape index (κ3) is 54.4. The van der Waals surface area contributed by atoms with Crippen molar-refractivity contribution in [2.45, 2.75) is 322 Å². The summed E-state index contributed by atoms with van der Waals surface area (Å²) in [6.45, 7) is 6.62. The van der Waals surface area contributed by atoms with Crippen LogP contribution in [0.5, 0.6) is 0 Å². The molecule has 0 aromatic carbocycles. The number of carbonyl (C=O) groups excluding carboxylic acids is 3. The van der Waals surface area contributed by atoms with Crippen LogP contribution in [0.25, 0.3) is 0 Å². The van der Waals surface area contributed by atoms with Gasteiger partial charge in [-0.1, -0.05) is 256 Å². The topological polar surface area (TPSA) is 78.9 Å². The van der Waals surface area contributed by atoms with Crippen molar-refractivity contribution >= 4 is 17.9 Å². The van der Waals surface area contributed by atoms with Crippen LogP contribution in [0.15, 0.2) is 36.5 Å². The molecule has 0 aliphatic rings. The molecule has 0 aromatic rings. The van der Waals surface area contributed by atoms with Gasteiger partial charge in [0.2, 0.25) is 0 Å². The Morgan fingerprint density at radius 2 is 0.537 bits per heavy atom.